The van der Waals surface area contributed by atoms with Crippen molar-refractivity contribution < 1.29 is 0 Å². The van der Waals surface area contributed by atoms with Gasteiger partial charge in [-0.3, -0.25) is 0 Å². The highest BCUT2D eigenvalue weighted by atomic mass is 14.2. The topological polar surface area (TPSA) is 0 Å². The predicted octanol–water partition coefficient (Wildman–Crippen LogP) is 6.41. The van der Waals surface area contributed by atoms with E-state index in [0.29, 0.717) is 0 Å². The van der Waals surface area contributed by atoms with Gasteiger partial charge in [-0.25, -0.2) is 0 Å². The molecule has 1 atom stereocenters. The van der Waals surface area contributed by atoms with Crippen molar-refractivity contribution in [2.45, 2.75) is 71.1 Å². The summed E-state index contributed by atoms with van der Waals surface area (Å²) in [5.74, 6) is 0.761. The Morgan fingerprint density at radius 2 is 1.63 bits per heavy atom. The minimum atomic E-state index is 0.761. The Morgan fingerprint density at radius 3 is 2.21 bits per heavy atom. The fraction of sp³-hybridized carbons (Fsp3) is 0.579. The molecule has 0 aromatic heterocycles. The lowest BCUT2D eigenvalue weighted by Crippen LogP contribution is -1.99. The summed E-state index contributed by atoms with van der Waals surface area (Å²) in [4.78, 5) is 0. The normalized spacial score (nSPS) is 12.3. The van der Waals surface area contributed by atoms with Gasteiger partial charge < -0.3 is 0 Å². The maximum absolute atomic E-state index is 3.81. The van der Waals surface area contributed by atoms with E-state index in [1.54, 1.807) is 5.56 Å². The van der Waals surface area contributed by atoms with Gasteiger partial charge in [0, 0.05) is 0 Å². The molecule has 0 saturated carbocycles. The quantitative estimate of drug-likeness (QED) is 0.336. The van der Waals surface area contributed by atoms with Crippen LogP contribution in [-0.2, 0) is 0 Å². The van der Waals surface area contributed by atoms with Crippen molar-refractivity contribution in [1.29, 1.82) is 0 Å². The summed E-state index contributed by atoms with van der Waals surface area (Å²) in [7, 11) is 0. The molecular formula is C19H30. The number of hydrogen-bond donors (Lipinski definition) is 0. The Labute approximate surface area is 119 Å². The summed E-state index contributed by atoms with van der Waals surface area (Å²) in [5.41, 5.74) is 2.91. The number of aryl methyl sites for hydroxylation is 1. The molecule has 0 N–H and O–H groups in total. The third-order valence-electron chi connectivity index (χ3n) is 3.92. The van der Waals surface area contributed by atoms with Crippen LogP contribution in [0, 0.1) is 6.92 Å². The lowest BCUT2D eigenvalue weighted by Gasteiger charge is -2.17. The smallest absolute Gasteiger partial charge is 0.0162 e. The molecule has 1 rings (SSSR count). The Morgan fingerprint density at radius 1 is 1.00 bits per heavy atom. The summed E-state index contributed by atoms with van der Waals surface area (Å²) in [6, 6.07) is 9.18. The molecule has 0 aliphatic heterocycles. The highest BCUT2D eigenvalue weighted by Crippen LogP contribution is 2.28. The van der Waals surface area contributed by atoms with E-state index in [2.05, 4.69) is 44.7 Å². The fourth-order valence-electron chi connectivity index (χ4n) is 2.64. The second-order valence-electron chi connectivity index (χ2n) is 5.68. The molecule has 0 saturated heterocycles. The van der Waals surface area contributed by atoms with Gasteiger partial charge in [-0.05, 0) is 44.1 Å². The zero-order valence-electron chi connectivity index (χ0n) is 12.8. The van der Waals surface area contributed by atoms with E-state index in [-0.39, 0.29) is 0 Å². The van der Waals surface area contributed by atoms with Crippen LogP contribution in [-0.4, -0.2) is 0 Å². The average molecular weight is 258 g/mol. The lowest BCUT2D eigenvalue weighted by atomic mass is 9.88. The maximum Gasteiger partial charge on any atom is -0.0162 e. The van der Waals surface area contributed by atoms with Gasteiger partial charge in [0.25, 0.3) is 0 Å². The van der Waals surface area contributed by atoms with Crippen molar-refractivity contribution in [3.05, 3.63) is 48.0 Å². The maximum atomic E-state index is 3.81. The van der Waals surface area contributed by atoms with Crippen LogP contribution in [0.4, 0.5) is 0 Å². The number of unbranched alkanes of at least 4 members (excludes halogenated alkanes) is 4. The summed E-state index contributed by atoms with van der Waals surface area (Å²) in [6.45, 7) is 8.26. The first kappa shape index (κ1) is 16.0. The zero-order chi connectivity index (χ0) is 13.9. The van der Waals surface area contributed by atoms with Gasteiger partial charge in [0.05, 0.1) is 0 Å². The van der Waals surface area contributed by atoms with Crippen LogP contribution < -0.4 is 0 Å². The molecule has 0 fully saturated rings. The van der Waals surface area contributed by atoms with Crippen LogP contribution in [0.5, 0.6) is 0 Å². The lowest BCUT2D eigenvalue weighted by molar-refractivity contribution is 0.510. The molecule has 1 aromatic rings. The third-order valence-corrected chi connectivity index (χ3v) is 3.92. The van der Waals surface area contributed by atoms with Crippen LogP contribution >= 0.6 is 0 Å². The molecule has 0 aliphatic carbocycles. The van der Waals surface area contributed by atoms with Gasteiger partial charge in [-0.15, -0.1) is 6.58 Å². The number of benzene rings is 1. The van der Waals surface area contributed by atoms with E-state index in [1.807, 2.05) is 6.08 Å². The Bertz CT molecular complexity index is 334. The molecule has 0 heteroatoms. The van der Waals surface area contributed by atoms with Gasteiger partial charge in [0.2, 0.25) is 0 Å². The first-order valence-corrected chi connectivity index (χ1v) is 7.95. The van der Waals surface area contributed by atoms with Crippen LogP contribution in [0.25, 0.3) is 0 Å². The predicted molar refractivity (Wildman–Crippen MR) is 86.7 cm³/mol. The number of hydrogen-bond acceptors (Lipinski definition) is 0. The standard InChI is InChI=1S/C19H30/c1-4-6-8-10-12-18(11-9-7-5-2)19-15-13-17(3)14-16-19/h4,13-16,18H,1,5-12H2,2-3H3. The van der Waals surface area contributed by atoms with Crippen molar-refractivity contribution in [2.24, 2.45) is 0 Å². The molecule has 0 radical (unpaired) electrons. The van der Waals surface area contributed by atoms with E-state index in [1.165, 1.54) is 50.5 Å². The Hall–Kier alpha value is -1.04. The summed E-state index contributed by atoms with van der Waals surface area (Å²) < 4.78 is 0. The molecule has 0 amide bonds. The largest absolute Gasteiger partial charge is 0.103 e. The van der Waals surface area contributed by atoms with Crippen molar-refractivity contribution in [3.8, 4) is 0 Å². The molecule has 0 nitrogen and oxygen atoms in total. The van der Waals surface area contributed by atoms with E-state index in [9.17, 15) is 0 Å². The van der Waals surface area contributed by atoms with E-state index < -0.39 is 0 Å². The summed E-state index contributed by atoms with van der Waals surface area (Å²) in [5, 5.41) is 0. The van der Waals surface area contributed by atoms with Crippen LogP contribution in [0.3, 0.4) is 0 Å². The Kier molecular flexibility index (Phi) is 8.29. The Balaban J connectivity index is 2.52. The molecule has 0 aliphatic rings. The van der Waals surface area contributed by atoms with Crippen LogP contribution in [0.1, 0.15) is 75.3 Å². The van der Waals surface area contributed by atoms with Gasteiger partial charge in [0.15, 0.2) is 0 Å². The number of allylic oxidation sites excluding steroid dienone is 1. The first-order chi connectivity index (χ1) is 9.27. The minimum absolute atomic E-state index is 0.761. The molecule has 0 heterocycles. The molecule has 1 unspecified atom stereocenters. The van der Waals surface area contributed by atoms with Crippen molar-refractivity contribution >= 4 is 0 Å². The van der Waals surface area contributed by atoms with E-state index >= 15 is 0 Å². The van der Waals surface area contributed by atoms with Gasteiger partial charge in [-0.1, -0.05) is 68.5 Å². The second kappa shape index (κ2) is 9.83. The van der Waals surface area contributed by atoms with E-state index in [0.717, 1.165) is 12.3 Å². The van der Waals surface area contributed by atoms with Crippen LogP contribution in [0.15, 0.2) is 36.9 Å². The van der Waals surface area contributed by atoms with Gasteiger partial charge in [-0.2, -0.15) is 0 Å². The molecule has 0 spiro atoms. The van der Waals surface area contributed by atoms with Crippen molar-refractivity contribution in [1.82, 2.24) is 0 Å². The molecule has 1 aromatic carbocycles. The molecule has 19 heavy (non-hydrogen) atoms. The number of rotatable bonds is 10. The highest BCUT2D eigenvalue weighted by molar-refractivity contribution is 5.24. The average Bonchev–Trinajstić information content (AvgIpc) is 2.43. The van der Waals surface area contributed by atoms with Gasteiger partial charge in [0.1, 0.15) is 0 Å². The third kappa shape index (κ3) is 6.61. The van der Waals surface area contributed by atoms with Gasteiger partial charge >= 0.3 is 0 Å². The fourth-order valence-corrected chi connectivity index (χ4v) is 2.64. The van der Waals surface area contributed by atoms with E-state index in [4.69, 9.17) is 0 Å². The highest BCUT2D eigenvalue weighted by Gasteiger charge is 2.10. The SMILES string of the molecule is C=CCCCCC(CCCCC)c1ccc(C)cc1. The minimum Gasteiger partial charge on any atom is -0.103 e. The first-order valence-electron chi connectivity index (χ1n) is 7.95. The van der Waals surface area contributed by atoms with Crippen molar-refractivity contribution in [2.75, 3.05) is 0 Å². The summed E-state index contributed by atoms with van der Waals surface area (Å²) >= 11 is 0. The summed E-state index contributed by atoms with van der Waals surface area (Å²) in [6.07, 6.45) is 12.6. The van der Waals surface area contributed by atoms with Crippen molar-refractivity contribution in [3.63, 3.8) is 0 Å². The molecular weight excluding hydrogens is 228 g/mol. The molecule has 0 bridgehead atoms. The second-order valence-corrected chi connectivity index (χ2v) is 5.68. The molecule has 106 valence electrons. The monoisotopic (exact) mass is 258 g/mol. The zero-order valence-corrected chi connectivity index (χ0v) is 12.8. The van der Waals surface area contributed by atoms with Crippen LogP contribution in [0.2, 0.25) is 0 Å².